The first-order valence-electron chi connectivity index (χ1n) is 14.2. The lowest BCUT2D eigenvalue weighted by atomic mass is 10.1. The fraction of sp³-hybridized carbons (Fsp3) is 0.147. The Morgan fingerprint density at radius 1 is 0.957 bits per heavy atom. The van der Waals surface area contributed by atoms with Crippen molar-refractivity contribution in [2.75, 3.05) is 6.61 Å². The first kappa shape index (κ1) is 31.2. The van der Waals surface area contributed by atoms with E-state index in [9.17, 15) is 13.6 Å². The minimum Gasteiger partial charge on any atom is -0.487 e. The van der Waals surface area contributed by atoms with Crippen molar-refractivity contribution in [1.82, 2.24) is 19.9 Å². The number of carbonyl (C=O) groups excluding carboxylic acids is 1. The molecular formula is C34H25BrF2N4O4S. The molecule has 0 unspecified atom stereocenters. The van der Waals surface area contributed by atoms with Crippen molar-refractivity contribution in [2.45, 2.75) is 26.1 Å². The zero-order valence-corrected chi connectivity index (χ0v) is 26.7. The lowest BCUT2D eigenvalue weighted by Gasteiger charge is -2.19. The third-order valence-electron chi connectivity index (χ3n) is 6.89. The van der Waals surface area contributed by atoms with E-state index < -0.39 is 17.9 Å². The molecule has 12 heteroatoms. The number of halogens is 3. The molecule has 0 amide bonds. The number of nitrogens with zero attached hydrogens (tertiary/aromatic N) is 4. The number of rotatable bonds is 11. The molecule has 8 nitrogen and oxygen atoms in total. The zero-order valence-electron chi connectivity index (χ0n) is 24.3. The van der Waals surface area contributed by atoms with Crippen LogP contribution in [0.15, 0.2) is 95.9 Å². The molecule has 3 heterocycles. The summed E-state index contributed by atoms with van der Waals surface area (Å²) >= 11 is 5.04. The summed E-state index contributed by atoms with van der Waals surface area (Å²) in [5, 5.41) is 0.583. The Labute approximate surface area is 275 Å². The highest BCUT2D eigenvalue weighted by molar-refractivity contribution is 9.10. The summed E-state index contributed by atoms with van der Waals surface area (Å²) in [6, 6.07) is 21.4. The summed E-state index contributed by atoms with van der Waals surface area (Å²) in [5.41, 5.74) is 2.31. The molecule has 0 fully saturated rings. The number of benzene rings is 3. The van der Waals surface area contributed by atoms with Crippen LogP contribution in [0.1, 0.15) is 18.2 Å². The van der Waals surface area contributed by atoms with Crippen LogP contribution in [-0.2, 0) is 22.6 Å². The largest absolute Gasteiger partial charge is 0.487 e. The molecule has 6 aromatic rings. The number of esters is 1. The average molecular weight is 704 g/mol. The van der Waals surface area contributed by atoms with Crippen molar-refractivity contribution < 1.29 is 27.8 Å². The molecular weight excluding hydrogens is 678 g/mol. The van der Waals surface area contributed by atoms with E-state index in [1.165, 1.54) is 35.9 Å². The van der Waals surface area contributed by atoms with Crippen LogP contribution in [0.4, 0.5) is 8.78 Å². The number of thiophene rings is 1. The number of fused-ring (bicyclic) bond motifs is 1. The van der Waals surface area contributed by atoms with Crippen LogP contribution in [0.25, 0.3) is 32.0 Å². The van der Waals surface area contributed by atoms with E-state index in [-0.39, 0.29) is 37.2 Å². The van der Waals surface area contributed by atoms with Gasteiger partial charge in [0.15, 0.2) is 5.82 Å². The van der Waals surface area contributed by atoms with Crippen LogP contribution < -0.4 is 9.47 Å². The maximum Gasteiger partial charge on any atom is 0.347 e. The Morgan fingerprint density at radius 2 is 1.74 bits per heavy atom. The third kappa shape index (κ3) is 6.87. The molecule has 0 saturated carbocycles. The molecule has 0 bridgehead atoms. The van der Waals surface area contributed by atoms with E-state index in [1.807, 2.05) is 18.2 Å². The van der Waals surface area contributed by atoms with Crippen LogP contribution in [-0.4, -0.2) is 38.6 Å². The molecule has 0 radical (unpaired) electrons. The van der Waals surface area contributed by atoms with Gasteiger partial charge in [0, 0.05) is 12.6 Å². The summed E-state index contributed by atoms with van der Waals surface area (Å²) in [6.07, 6.45) is 1.95. The van der Waals surface area contributed by atoms with Crippen molar-refractivity contribution in [2.24, 2.45) is 0 Å². The van der Waals surface area contributed by atoms with Gasteiger partial charge in [-0.05, 0) is 70.4 Å². The van der Waals surface area contributed by atoms with Crippen LogP contribution in [0, 0.1) is 11.6 Å². The first-order valence-corrected chi connectivity index (χ1v) is 15.8. The summed E-state index contributed by atoms with van der Waals surface area (Å²) in [4.78, 5) is 32.1. The van der Waals surface area contributed by atoms with Crippen LogP contribution in [0.5, 0.6) is 11.6 Å². The van der Waals surface area contributed by atoms with Gasteiger partial charge in [-0.3, -0.25) is 0 Å². The normalized spacial score (nSPS) is 11.7. The van der Waals surface area contributed by atoms with Crippen LogP contribution >= 0.6 is 27.3 Å². The highest BCUT2D eigenvalue weighted by atomic mass is 79.9. The minimum absolute atomic E-state index is 0.0759. The molecule has 1 atom stereocenters. The summed E-state index contributed by atoms with van der Waals surface area (Å²) in [7, 11) is 0. The van der Waals surface area contributed by atoms with Gasteiger partial charge in [-0.25, -0.2) is 33.5 Å². The van der Waals surface area contributed by atoms with Gasteiger partial charge in [-0.15, -0.1) is 11.3 Å². The number of hydrogen-bond acceptors (Lipinski definition) is 9. The van der Waals surface area contributed by atoms with E-state index >= 15 is 0 Å². The van der Waals surface area contributed by atoms with Crippen molar-refractivity contribution in [3.63, 3.8) is 0 Å². The van der Waals surface area contributed by atoms with Crippen molar-refractivity contribution in [3.05, 3.63) is 119 Å². The molecule has 0 N–H and O–H groups in total. The van der Waals surface area contributed by atoms with Crippen LogP contribution in [0.3, 0.4) is 0 Å². The van der Waals surface area contributed by atoms with Gasteiger partial charge in [0.05, 0.1) is 32.6 Å². The molecule has 232 valence electrons. The van der Waals surface area contributed by atoms with Gasteiger partial charge in [0.2, 0.25) is 12.0 Å². The Morgan fingerprint density at radius 3 is 2.54 bits per heavy atom. The minimum atomic E-state index is -1.07. The Balaban J connectivity index is 1.25. The molecule has 0 aliphatic rings. The summed E-state index contributed by atoms with van der Waals surface area (Å²) < 4.78 is 46.3. The number of aromatic nitrogens is 4. The average Bonchev–Trinajstić information content (AvgIpc) is 3.41. The van der Waals surface area contributed by atoms with E-state index in [4.69, 9.17) is 14.2 Å². The Hall–Kier alpha value is -4.81. The molecule has 0 spiro atoms. The molecule has 3 aromatic carbocycles. The predicted molar refractivity (Wildman–Crippen MR) is 173 cm³/mol. The Bertz CT molecular complexity index is 2010. The summed E-state index contributed by atoms with van der Waals surface area (Å²) in [6.45, 7) is 1.95. The smallest absolute Gasteiger partial charge is 0.347 e. The van der Waals surface area contributed by atoms with Gasteiger partial charge in [-0.2, -0.15) is 0 Å². The topological polar surface area (TPSA) is 96.3 Å². The molecule has 6 rings (SSSR count). The van der Waals surface area contributed by atoms with Gasteiger partial charge in [0.1, 0.15) is 35.1 Å². The van der Waals surface area contributed by atoms with E-state index in [0.29, 0.717) is 37.3 Å². The highest BCUT2D eigenvalue weighted by Crippen LogP contribution is 2.44. The van der Waals surface area contributed by atoms with Gasteiger partial charge < -0.3 is 14.2 Å². The second kappa shape index (κ2) is 14.1. The lowest BCUT2D eigenvalue weighted by Crippen LogP contribution is -2.32. The molecule has 0 aliphatic heterocycles. The monoisotopic (exact) mass is 702 g/mol. The number of hydrogen-bond donors (Lipinski definition) is 0. The number of para-hydroxylation sites is 1. The highest BCUT2D eigenvalue weighted by Gasteiger charge is 2.27. The zero-order chi connectivity index (χ0) is 32.0. The molecule has 46 heavy (non-hydrogen) atoms. The van der Waals surface area contributed by atoms with E-state index in [1.54, 1.807) is 55.6 Å². The molecule has 0 aliphatic carbocycles. The van der Waals surface area contributed by atoms with E-state index in [0.717, 1.165) is 10.4 Å². The van der Waals surface area contributed by atoms with Crippen LogP contribution in [0.2, 0.25) is 0 Å². The van der Waals surface area contributed by atoms with E-state index in [2.05, 4.69) is 35.9 Å². The predicted octanol–water partition coefficient (Wildman–Crippen LogP) is 7.99. The number of ether oxygens (including phenoxy) is 3. The van der Waals surface area contributed by atoms with Crippen molar-refractivity contribution in [3.8, 4) is 33.5 Å². The van der Waals surface area contributed by atoms with Gasteiger partial charge in [-0.1, -0.05) is 42.5 Å². The second-order valence-electron chi connectivity index (χ2n) is 9.92. The lowest BCUT2D eigenvalue weighted by molar-refractivity contribution is -0.151. The maximum absolute atomic E-state index is 14.3. The second-order valence-corrected chi connectivity index (χ2v) is 11.7. The maximum atomic E-state index is 14.3. The Kier molecular flexibility index (Phi) is 9.55. The van der Waals surface area contributed by atoms with Gasteiger partial charge in [0.25, 0.3) is 0 Å². The SMILES string of the molecule is CCOC(=O)[C@@H](Cc1ccccc1OCc1ccnc(-c2ccccc2F)n1)Oc1ncnc2sc(-c3ccc(F)cc3)c(Br)c12. The van der Waals surface area contributed by atoms with Crippen molar-refractivity contribution in [1.29, 1.82) is 0 Å². The standard InChI is InChI=1S/C34H25BrF2N4O4S/c1-2-43-34(42)27(45-32-28-29(35)30(46-33(28)40-19-39-32)20-11-13-22(36)14-12-20)17-21-7-3-6-10-26(21)44-18-23-15-16-38-31(41-23)24-8-4-5-9-25(24)37/h3-16,19,27H,2,17-18H2,1H3/t27-/m1/s1. The fourth-order valence-electron chi connectivity index (χ4n) is 4.71. The molecule has 3 aromatic heterocycles. The fourth-order valence-corrected chi connectivity index (χ4v) is 6.70. The van der Waals surface area contributed by atoms with Crippen molar-refractivity contribution >= 4 is 43.5 Å². The summed E-state index contributed by atoms with van der Waals surface area (Å²) in [5.74, 6) is -0.371. The first-order chi connectivity index (χ1) is 22.4. The quantitative estimate of drug-likeness (QED) is 0.125. The van der Waals surface area contributed by atoms with Gasteiger partial charge >= 0.3 is 5.97 Å². The number of carbonyl (C=O) groups is 1. The third-order valence-corrected chi connectivity index (χ3v) is 9.09. The molecule has 0 saturated heterocycles.